The average molecular weight is 654 g/mol. The zero-order valence-electron chi connectivity index (χ0n) is 27.6. The maximum absolute atomic E-state index is 6.51. The summed E-state index contributed by atoms with van der Waals surface area (Å²) in [5.41, 5.74) is 9.35. The van der Waals surface area contributed by atoms with Crippen molar-refractivity contribution in [3.8, 4) is 22.3 Å². The van der Waals surface area contributed by atoms with E-state index in [4.69, 9.17) is 14.4 Å². The summed E-state index contributed by atoms with van der Waals surface area (Å²) in [4.78, 5) is 10.2. The van der Waals surface area contributed by atoms with Gasteiger partial charge in [0.15, 0.2) is 5.84 Å². The molecule has 1 atom stereocenters. The first kappa shape index (κ1) is 29.2. The summed E-state index contributed by atoms with van der Waals surface area (Å²) in [5, 5.41) is 10.8. The van der Waals surface area contributed by atoms with Crippen LogP contribution in [0.2, 0.25) is 0 Å². The van der Waals surface area contributed by atoms with E-state index in [-0.39, 0.29) is 6.17 Å². The van der Waals surface area contributed by atoms with E-state index < -0.39 is 0 Å². The molecule has 4 heteroatoms. The largest absolute Gasteiger partial charge is 0.456 e. The maximum Gasteiger partial charge on any atom is 0.159 e. The lowest BCUT2D eigenvalue weighted by molar-refractivity contribution is 0.666. The van der Waals surface area contributed by atoms with Gasteiger partial charge in [-0.2, -0.15) is 0 Å². The molecule has 0 bridgehead atoms. The number of aliphatic imine (C=N–C) groups is 2. The Morgan fingerprint density at radius 3 is 1.98 bits per heavy atom. The van der Waals surface area contributed by atoms with E-state index in [0.29, 0.717) is 5.84 Å². The molecule has 1 aliphatic heterocycles. The summed E-state index contributed by atoms with van der Waals surface area (Å²) in [6.45, 7) is 0. The molecule has 1 aromatic heterocycles. The van der Waals surface area contributed by atoms with E-state index in [1.165, 1.54) is 38.2 Å². The molecule has 8 aromatic carbocycles. The summed E-state index contributed by atoms with van der Waals surface area (Å²) in [6.07, 6.45) is -0.318. The smallest absolute Gasteiger partial charge is 0.159 e. The quantitative estimate of drug-likeness (QED) is 0.188. The van der Waals surface area contributed by atoms with Crippen LogP contribution < -0.4 is 5.32 Å². The van der Waals surface area contributed by atoms with Gasteiger partial charge in [-0.3, -0.25) is 0 Å². The monoisotopic (exact) mass is 653 g/mol. The fourth-order valence-corrected chi connectivity index (χ4v) is 7.39. The molecular weight excluding hydrogens is 623 g/mol. The van der Waals surface area contributed by atoms with Crippen molar-refractivity contribution in [3.63, 3.8) is 0 Å². The number of benzene rings is 8. The molecule has 240 valence electrons. The highest BCUT2D eigenvalue weighted by molar-refractivity contribution is 6.17. The number of rotatable bonds is 5. The molecule has 1 N–H and O–H groups in total. The van der Waals surface area contributed by atoms with Crippen LogP contribution in [0.25, 0.3) is 65.7 Å². The molecule has 0 amide bonds. The van der Waals surface area contributed by atoms with Crippen molar-refractivity contribution in [2.24, 2.45) is 9.98 Å². The molecule has 0 saturated carbocycles. The fraction of sp³-hybridized carbons (Fsp3) is 0.0213. The van der Waals surface area contributed by atoms with Crippen LogP contribution in [0.15, 0.2) is 190 Å². The van der Waals surface area contributed by atoms with Gasteiger partial charge in [-0.05, 0) is 85.8 Å². The predicted octanol–water partition coefficient (Wildman–Crippen LogP) is 11.7. The van der Waals surface area contributed by atoms with Gasteiger partial charge in [-0.15, -0.1) is 0 Å². The van der Waals surface area contributed by atoms with Crippen LogP contribution in [0.4, 0.5) is 0 Å². The Kier molecular flexibility index (Phi) is 6.85. The number of hydrogen-bond acceptors (Lipinski definition) is 4. The molecule has 0 fully saturated rings. The van der Waals surface area contributed by atoms with Crippen LogP contribution in [0.3, 0.4) is 0 Å². The van der Waals surface area contributed by atoms with Crippen molar-refractivity contribution in [3.05, 3.63) is 193 Å². The first-order valence-corrected chi connectivity index (χ1v) is 17.3. The molecule has 0 radical (unpaired) electrons. The van der Waals surface area contributed by atoms with Gasteiger partial charge in [0.1, 0.15) is 23.2 Å². The van der Waals surface area contributed by atoms with E-state index in [2.05, 4.69) is 157 Å². The van der Waals surface area contributed by atoms with Crippen molar-refractivity contribution in [2.45, 2.75) is 6.17 Å². The van der Waals surface area contributed by atoms with Gasteiger partial charge in [-0.25, -0.2) is 9.98 Å². The summed E-state index contributed by atoms with van der Waals surface area (Å²) < 4.78 is 6.51. The van der Waals surface area contributed by atoms with E-state index in [9.17, 15) is 0 Å². The fourth-order valence-electron chi connectivity index (χ4n) is 7.39. The second kappa shape index (κ2) is 12.0. The highest BCUT2D eigenvalue weighted by Crippen LogP contribution is 2.38. The minimum atomic E-state index is -0.318. The lowest BCUT2D eigenvalue weighted by Gasteiger charge is -2.24. The van der Waals surface area contributed by atoms with Crippen molar-refractivity contribution < 1.29 is 4.42 Å². The molecule has 0 saturated heterocycles. The summed E-state index contributed by atoms with van der Waals surface area (Å²) in [7, 11) is 0. The summed E-state index contributed by atoms with van der Waals surface area (Å²) in [6, 6.07) is 61.7. The minimum absolute atomic E-state index is 0.318. The topological polar surface area (TPSA) is 49.9 Å². The van der Waals surface area contributed by atoms with Crippen molar-refractivity contribution >= 4 is 55.2 Å². The second-order valence-corrected chi connectivity index (χ2v) is 13.0. The summed E-state index contributed by atoms with van der Waals surface area (Å²) >= 11 is 0. The van der Waals surface area contributed by atoms with Crippen LogP contribution in [0.1, 0.15) is 22.9 Å². The molecule has 1 aliphatic rings. The molecule has 4 nitrogen and oxygen atoms in total. The van der Waals surface area contributed by atoms with Gasteiger partial charge >= 0.3 is 0 Å². The average Bonchev–Trinajstić information content (AvgIpc) is 3.58. The van der Waals surface area contributed by atoms with Crippen molar-refractivity contribution in [1.82, 2.24) is 5.32 Å². The number of fused-ring (bicyclic) bond motifs is 6. The second-order valence-electron chi connectivity index (χ2n) is 13.0. The Balaban J connectivity index is 1.06. The number of furan rings is 1. The van der Waals surface area contributed by atoms with Crippen LogP contribution in [-0.2, 0) is 0 Å². The third kappa shape index (κ3) is 5.17. The number of amidine groups is 2. The van der Waals surface area contributed by atoms with Gasteiger partial charge < -0.3 is 9.73 Å². The van der Waals surface area contributed by atoms with Gasteiger partial charge in [0.2, 0.25) is 0 Å². The van der Waals surface area contributed by atoms with Gasteiger partial charge in [0.25, 0.3) is 0 Å². The third-order valence-electron chi connectivity index (χ3n) is 9.91. The van der Waals surface area contributed by atoms with E-state index in [1.54, 1.807) is 0 Å². The highest BCUT2D eigenvalue weighted by Gasteiger charge is 2.22. The Labute approximate surface area is 295 Å². The van der Waals surface area contributed by atoms with Gasteiger partial charge in [0, 0.05) is 21.9 Å². The van der Waals surface area contributed by atoms with Crippen LogP contribution in [0.5, 0.6) is 0 Å². The minimum Gasteiger partial charge on any atom is -0.456 e. The molecule has 2 heterocycles. The van der Waals surface area contributed by atoms with E-state index in [0.717, 1.165) is 50.0 Å². The molecule has 10 rings (SSSR count). The SMILES string of the molecule is c1ccc(C2=N[C@H](c3cccc(-c4ccccc4)c3)NC(c3ccc4c(c3)oc3ccc(-c5cc6ccccc6c6ccccc56)cc34)=N2)cc1. The Morgan fingerprint density at radius 2 is 1.14 bits per heavy atom. The van der Waals surface area contributed by atoms with E-state index >= 15 is 0 Å². The summed E-state index contributed by atoms with van der Waals surface area (Å²) in [5.74, 6) is 1.45. The molecule has 51 heavy (non-hydrogen) atoms. The van der Waals surface area contributed by atoms with E-state index in [1.807, 2.05) is 24.3 Å². The molecule has 9 aromatic rings. The zero-order chi connectivity index (χ0) is 33.7. The molecule has 0 aliphatic carbocycles. The first-order valence-electron chi connectivity index (χ1n) is 17.3. The standard InChI is InChI=1S/C47H31N3O/c1-3-12-30(13-4-1)32-17-11-18-35(26-32)46-48-45(31-14-5-2-6-15-31)49-47(50-46)36-22-24-40-42-28-34(23-25-43(42)51-44(40)29-36)41-27-33-16-7-8-19-37(33)38-20-9-10-21-39(38)41/h1-29,46H,(H,48,49,50)/t46-/m0/s1. The number of hydrogen-bond donors (Lipinski definition) is 1. The number of nitrogens with one attached hydrogen (secondary N) is 1. The third-order valence-corrected chi connectivity index (χ3v) is 9.91. The Bertz CT molecular complexity index is 2830. The van der Waals surface area contributed by atoms with Crippen LogP contribution in [0, 0.1) is 0 Å². The Morgan fingerprint density at radius 1 is 0.431 bits per heavy atom. The van der Waals surface area contributed by atoms with Crippen molar-refractivity contribution in [1.29, 1.82) is 0 Å². The lowest BCUT2D eigenvalue weighted by atomic mass is 9.92. The highest BCUT2D eigenvalue weighted by atomic mass is 16.3. The molecule has 0 spiro atoms. The number of nitrogens with zero attached hydrogens (tertiary/aromatic N) is 2. The molecular formula is C47H31N3O. The zero-order valence-corrected chi connectivity index (χ0v) is 27.6. The predicted molar refractivity (Wildman–Crippen MR) is 211 cm³/mol. The van der Waals surface area contributed by atoms with Crippen molar-refractivity contribution in [2.75, 3.05) is 0 Å². The first-order chi connectivity index (χ1) is 25.2. The van der Waals surface area contributed by atoms with Crippen LogP contribution >= 0.6 is 0 Å². The normalized spacial score (nSPS) is 14.5. The van der Waals surface area contributed by atoms with Crippen LogP contribution in [-0.4, -0.2) is 11.7 Å². The lowest BCUT2D eigenvalue weighted by Crippen LogP contribution is -2.33. The maximum atomic E-state index is 6.51. The molecule has 0 unspecified atom stereocenters. The Hall–Kier alpha value is -6.78. The van der Waals surface area contributed by atoms with Gasteiger partial charge in [0.05, 0.1) is 0 Å². The van der Waals surface area contributed by atoms with Gasteiger partial charge in [-0.1, -0.05) is 140 Å².